The third-order valence-electron chi connectivity index (χ3n) is 2.59. The Labute approximate surface area is 115 Å². The van der Waals surface area contributed by atoms with E-state index in [1.54, 1.807) is 12.1 Å². The zero-order valence-corrected chi connectivity index (χ0v) is 12.3. The van der Waals surface area contributed by atoms with Gasteiger partial charge in [0.2, 0.25) is 0 Å². The van der Waals surface area contributed by atoms with Gasteiger partial charge in [0.15, 0.2) is 0 Å². The second kappa shape index (κ2) is 7.79. The fraction of sp³-hybridized carbons (Fsp3) is 0.533. The van der Waals surface area contributed by atoms with Crippen LogP contribution in [-0.2, 0) is 0 Å². The van der Waals surface area contributed by atoms with Crippen LogP contribution in [-0.4, -0.2) is 44.6 Å². The van der Waals surface area contributed by atoms with Crippen LogP contribution in [0.2, 0.25) is 0 Å². The van der Waals surface area contributed by atoms with E-state index in [-0.39, 0.29) is 5.91 Å². The van der Waals surface area contributed by atoms with E-state index in [0.29, 0.717) is 24.6 Å². The first-order valence-electron chi connectivity index (χ1n) is 6.65. The third-order valence-corrected chi connectivity index (χ3v) is 2.59. The maximum atomic E-state index is 11.8. The maximum absolute atomic E-state index is 11.8. The van der Waals surface area contributed by atoms with Gasteiger partial charge in [0, 0.05) is 18.7 Å². The monoisotopic (exact) mass is 264 g/mol. The van der Waals surface area contributed by atoms with Crippen molar-refractivity contribution in [2.75, 3.05) is 33.8 Å². The number of hydrogen-bond donors (Lipinski definition) is 1. The molecule has 0 spiro atoms. The first-order valence-corrected chi connectivity index (χ1v) is 6.65. The quantitative estimate of drug-likeness (QED) is 0.819. The summed E-state index contributed by atoms with van der Waals surface area (Å²) in [6.07, 6.45) is 0. The molecule has 19 heavy (non-hydrogen) atoms. The number of carbonyl (C=O) groups is 1. The van der Waals surface area contributed by atoms with E-state index in [0.717, 1.165) is 12.3 Å². The van der Waals surface area contributed by atoms with Gasteiger partial charge in [-0.2, -0.15) is 0 Å². The van der Waals surface area contributed by atoms with Crippen LogP contribution in [0.5, 0.6) is 5.75 Å². The van der Waals surface area contributed by atoms with Crippen LogP contribution in [0.4, 0.5) is 0 Å². The third kappa shape index (κ3) is 6.25. The van der Waals surface area contributed by atoms with Crippen molar-refractivity contribution in [2.24, 2.45) is 5.92 Å². The summed E-state index contributed by atoms with van der Waals surface area (Å²) < 4.78 is 5.58. The lowest BCUT2D eigenvalue weighted by atomic mass is 10.2. The highest BCUT2D eigenvalue weighted by Gasteiger charge is 2.05. The van der Waals surface area contributed by atoms with Gasteiger partial charge in [0.1, 0.15) is 12.4 Å². The minimum absolute atomic E-state index is 0.0338. The molecule has 1 N–H and O–H groups in total. The Kier molecular flexibility index (Phi) is 6.36. The number of amides is 1. The Morgan fingerprint density at radius 3 is 2.42 bits per heavy atom. The second-order valence-electron chi connectivity index (χ2n) is 5.28. The van der Waals surface area contributed by atoms with Crippen molar-refractivity contribution in [3.63, 3.8) is 0 Å². The fourth-order valence-corrected chi connectivity index (χ4v) is 1.45. The molecule has 0 aliphatic rings. The van der Waals surface area contributed by atoms with Crippen LogP contribution in [0, 0.1) is 5.92 Å². The summed E-state index contributed by atoms with van der Waals surface area (Å²) in [6.45, 7) is 6.35. The number of benzene rings is 1. The number of likely N-dealkylation sites (N-methyl/N-ethyl adjacent to an activating group) is 1. The van der Waals surface area contributed by atoms with Crippen LogP contribution in [0.3, 0.4) is 0 Å². The Bertz CT molecular complexity index is 386. The van der Waals surface area contributed by atoms with E-state index in [9.17, 15) is 4.79 Å². The zero-order chi connectivity index (χ0) is 14.3. The van der Waals surface area contributed by atoms with Crippen LogP contribution >= 0.6 is 0 Å². The van der Waals surface area contributed by atoms with Crippen molar-refractivity contribution in [1.82, 2.24) is 10.2 Å². The molecule has 0 saturated carbocycles. The number of hydrogen-bond acceptors (Lipinski definition) is 3. The smallest absolute Gasteiger partial charge is 0.251 e. The molecule has 106 valence electrons. The summed E-state index contributed by atoms with van der Waals surface area (Å²) in [7, 11) is 4.01. The molecule has 1 rings (SSSR count). The maximum Gasteiger partial charge on any atom is 0.251 e. The largest absolute Gasteiger partial charge is 0.492 e. The van der Waals surface area contributed by atoms with E-state index in [4.69, 9.17) is 4.74 Å². The molecular formula is C15H24N2O2. The SMILES string of the molecule is CC(C)CNC(=O)c1ccc(OCCN(C)C)cc1. The molecule has 0 atom stereocenters. The van der Waals surface area contributed by atoms with Crippen molar-refractivity contribution >= 4 is 5.91 Å². The normalized spacial score (nSPS) is 10.8. The molecule has 1 aromatic carbocycles. The minimum atomic E-state index is -0.0338. The van der Waals surface area contributed by atoms with Gasteiger partial charge < -0.3 is 15.0 Å². The summed E-state index contributed by atoms with van der Waals surface area (Å²) >= 11 is 0. The van der Waals surface area contributed by atoms with Gasteiger partial charge in [-0.15, -0.1) is 0 Å². The molecule has 1 amide bonds. The van der Waals surface area contributed by atoms with E-state index < -0.39 is 0 Å². The molecule has 0 saturated heterocycles. The lowest BCUT2D eigenvalue weighted by Crippen LogP contribution is -2.27. The van der Waals surface area contributed by atoms with Crippen molar-refractivity contribution in [3.8, 4) is 5.75 Å². The van der Waals surface area contributed by atoms with Gasteiger partial charge in [-0.1, -0.05) is 13.8 Å². The first-order chi connectivity index (χ1) is 8.99. The average Bonchev–Trinajstić information content (AvgIpc) is 2.36. The van der Waals surface area contributed by atoms with Crippen LogP contribution < -0.4 is 10.1 Å². The molecule has 0 radical (unpaired) electrons. The summed E-state index contributed by atoms with van der Waals surface area (Å²) in [5, 5.41) is 2.89. The molecule has 0 unspecified atom stereocenters. The minimum Gasteiger partial charge on any atom is -0.492 e. The Hall–Kier alpha value is -1.55. The average molecular weight is 264 g/mol. The van der Waals surface area contributed by atoms with Crippen LogP contribution in [0.1, 0.15) is 24.2 Å². The highest BCUT2D eigenvalue weighted by atomic mass is 16.5. The van der Waals surface area contributed by atoms with Crippen molar-refractivity contribution in [1.29, 1.82) is 0 Å². The van der Waals surface area contributed by atoms with Gasteiger partial charge in [-0.05, 0) is 44.3 Å². The number of carbonyl (C=O) groups excluding carboxylic acids is 1. The summed E-state index contributed by atoms with van der Waals surface area (Å²) in [5.41, 5.74) is 0.667. The molecule has 4 nitrogen and oxygen atoms in total. The number of nitrogens with zero attached hydrogens (tertiary/aromatic N) is 1. The summed E-state index contributed by atoms with van der Waals surface area (Å²) in [6, 6.07) is 7.25. The molecule has 0 fully saturated rings. The lowest BCUT2D eigenvalue weighted by Gasteiger charge is -2.11. The zero-order valence-electron chi connectivity index (χ0n) is 12.3. The number of nitrogens with one attached hydrogen (secondary N) is 1. The molecule has 0 aliphatic carbocycles. The van der Waals surface area contributed by atoms with E-state index in [2.05, 4.69) is 24.1 Å². The Morgan fingerprint density at radius 1 is 1.26 bits per heavy atom. The molecule has 0 aromatic heterocycles. The van der Waals surface area contributed by atoms with E-state index >= 15 is 0 Å². The summed E-state index contributed by atoms with van der Waals surface area (Å²) in [5.74, 6) is 1.22. The van der Waals surface area contributed by atoms with Crippen molar-refractivity contribution < 1.29 is 9.53 Å². The first kappa shape index (κ1) is 15.5. The van der Waals surface area contributed by atoms with Gasteiger partial charge in [0.05, 0.1) is 0 Å². The van der Waals surface area contributed by atoms with E-state index in [1.165, 1.54) is 0 Å². The molecular weight excluding hydrogens is 240 g/mol. The Balaban J connectivity index is 2.44. The highest BCUT2D eigenvalue weighted by Crippen LogP contribution is 2.12. The standard InChI is InChI=1S/C15H24N2O2/c1-12(2)11-16-15(18)13-5-7-14(8-6-13)19-10-9-17(3)4/h5-8,12H,9-11H2,1-4H3,(H,16,18). The molecule has 0 bridgehead atoms. The van der Waals surface area contributed by atoms with E-state index in [1.807, 2.05) is 26.2 Å². The second-order valence-corrected chi connectivity index (χ2v) is 5.28. The number of ether oxygens (including phenoxy) is 1. The van der Waals surface area contributed by atoms with Crippen LogP contribution in [0.25, 0.3) is 0 Å². The van der Waals surface area contributed by atoms with Gasteiger partial charge in [-0.25, -0.2) is 0 Å². The Morgan fingerprint density at radius 2 is 1.89 bits per heavy atom. The predicted octanol–water partition coefficient (Wildman–Crippen LogP) is 2.01. The van der Waals surface area contributed by atoms with Gasteiger partial charge in [0.25, 0.3) is 5.91 Å². The predicted molar refractivity (Wildman–Crippen MR) is 77.7 cm³/mol. The molecule has 0 aliphatic heterocycles. The van der Waals surface area contributed by atoms with Crippen molar-refractivity contribution in [2.45, 2.75) is 13.8 Å². The van der Waals surface area contributed by atoms with Gasteiger partial charge >= 0.3 is 0 Å². The molecule has 4 heteroatoms. The molecule has 0 heterocycles. The summed E-state index contributed by atoms with van der Waals surface area (Å²) in [4.78, 5) is 13.9. The lowest BCUT2D eigenvalue weighted by molar-refractivity contribution is 0.0949. The fourth-order valence-electron chi connectivity index (χ4n) is 1.45. The highest BCUT2D eigenvalue weighted by molar-refractivity contribution is 5.94. The van der Waals surface area contributed by atoms with Gasteiger partial charge in [-0.3, -0.25) is 4.79 Å². The molecule has 1 aromatic rings. The van der Waals surface area contributed by atoms with Crippen LogP contribution in [0.15, 0.2) is 24.3 Å². The number of rotatable bonds is 7. The topological polar surface area (TPSA) is 41.6 Å². The van der Waals surface area contributed by atoms with Crippen molar-refractivity contribution in [3.05, 3.63) is 29.8 Å².